The fourth-order valence-corrected chi connectivity index (χ4v) is 4.72. The van der Waals surface area contributed by atoms with E-state index < -0.39 is 30.0 Å². The summed E-state index contributed by atoms with van der Waals surface area (Å²) in [5.41, 5.74) is 0.835. The van der Waals surface area contributed by atoms with Crippen molar-refractivity contribution in [1.29, 1.82) is 0 Å². The minimum atomic E-state index is -1.47. The van der Waals surface area contributed by atoms with Gasteiger partial charge in [0.15, 0.2) is 0 Å². The van der Waals surface area contributed by atoms with Crippen LogP contribution in [-0.4, -0.2) is 81.5 Å². The van der Waals surface area contributed by atoms with E-state index in [1.165, 1.54) is 17.1 Å². The van der Waals surface area contributed by atoms with E-state index in [-0.39, 0.29) is 36.8 Å². The summed E-state index contributed by atoms with van der Waals surface area (Å²) in [5, 5.41) is 30.1. The van der Waals surface area contributed by atoms with E-state index in [0.717, 1.165) is 37.7 Å². The van der Waals surface area contributed by atoms with Crippen LogP contribution < -0.4 is 4.74 Å². The lowest BCUT2D eigenvalue weighted by Crippen LogP contribution is -2.54. The second-order valence-electron chi connectivity index (χ2n) is 12.2. The number of Topliss-reactive ketones (excluding diaryl/α,β-unsaturated/α-hetero) is 1. The third-order valence-corrected chi connectivity index (χ3v) is 7.46. The first kappa shape index (κ1) is 34.4. The maximum absolute atomic E-state index is 12.3. The van der Waals surface area contributed by atoms with E-state index in [0.29, 0.717) is 43.5 Å². The van der Waals surface area contributed by atoms with Gasteiger partial charge >= 0.3 is 5.97 Å². The summed E-state index contributed by atoms with van der Waals surface area (Å²) in [6, 6.07) is 5.49. The van der Waals surface area contributed by atoms with Crippen molar-refractivity contribution in [3.63, 3.8) is 0 Å². The number of aliphatic hydroxyl groups is 3. The first-order valence-electron chi connectivity index (χ1n) is 15.0. The fourth-order valence-electron chi connectivity index (χ4n) is 4.72. The predicted molar refractivity (Wildman–Crippen MR) is 156 cm³/mol. The van der Waals surface area contributed by atoms with E-state index in [9.17, 15) is 34.5 Å². The highest BCUT2D eigenvalue weighted by atomic mass is 16.7. The normalized spacial score (nSPS) is 22.2. The number of benzene rings is 1. The molecule has 1 aromatic rings. The molecule has 2 aliphatic rings. The number of rotatable bonds is 16. The SMILES string of the molecule is CC(C)(C)C(=O)OCc1ccc(CCCCCC(=O)CCCCCN2C(=O)C=CC2=O)cc1OC1OC[C@H](O)[C@@H](O)[C@@H]1O. The molecule has 1 saturated heterocycles. The molecule has 2 amide bonds. The van der Waals surface area contributed by atoms with Crippen LogP contribution in [0.3, 0.4) is 0 Å². The Labute approximate surface area is 252 Å². The summed E-state index contributed by atoms with van der Waals surface area (Å²) in [7, 11) is 0. The average Bonchev–Trinajstić information content (AvgIpc) is 3.28. The molecule has 1 unspecified atom stereocenters. The summed E-state index contributed by atoms with van der Waals surface area (Å²) in [5.74, 6) is -0.382. The highest BCUT2D eigenvalue weighted by Gasteiger charge is 2.39. The van der Waals surface area contributed by atoms with Crippen LogP contribution in [0.2, 0.25) is 0 Å². The van der Waals surface area contributed by atoms with Gasteiger partial charge < -0.3 is 29.5 Å². The molecule has 0 radical (unpaired) electrons. The van der Waals surface area contributed by atoms with Crippen LogP contribution in [0.1, 0.15) is 83.3 Å². The van der Waals surface area contributed by atoms with Crippen LogP contribution in [0, 0.1) is 5.41 Å². The fraction of sp³-hybridized carbons (Fsp3) is 0.625. The summed E-state index contributed by atoms with van der Waals surface area (Å²) >= 11 is 0. The van der Waals surface area contributed by atoms with Crippen LogP contribution in [0.15, 0.2) is 30.4 Å². The first-order chi connectivity index (χ1) is 20.4. The summed E-state index contributed by atoms with van der Waals surface area (Å²) < 4.78 is 16.8. The zero-order valence-corrected chi connectivity index (χ0v) is 25.3. The standard InChI is InChI=1S/C32H45NO10/c1-32(2,3)31(40)42-19-22-14-13-21(18-25(22)43-30-29(39)28(38)24(35)20-41-30)10-6-4-7-11-23(34)12-8-5-9-17-33-26(36)15-16-27(33)37/h13-16,18,24,28-30,35,38-39H,4-12,17,19-20H2,1-3H3/t24-,28+,29-,30?/m0/s1. The molecule has 11 heteroatoms. The van der Waals surface area contributed by atoms with Gasteiger partial charge in [-0.2, -0.15) is 0 Å². The third-order valence-electron chi connectivity index (χ3n) is 7.46. The molecule has 2 aliphatic heterocycles. The highest BCUT2D eigenvalue weighted by Crippen LogP contribution is 2.28. The molecule has 2 heterocycles. The van der Waals surface area contributed by atoms with Gasteiger partial charge in [0.1, 0.15) is 36.5 Å². The number of carbonyl (C=O) groups excluding carboxylic acids is 4. The molecule has 0 aliphatic carbocycles. The molecule has 1 fully saturated rings. The Balaban J connectivity index is 1.43. The van der Waals surface area contributed by atoms with Crippen LogP contribution >= 0.6 is 0 Å². The molecular weight excluding hydrogens is 558 g/mol. The van der Waals surface area contributed by atoms with Crippen molar-refractivity contribution < 1.29 is 48.7 Å². The Morgan fingerprint density at radius 3 is 2.23 bits per heavy atom. The quantitative estimate of drug-likeness (QED) is 0.146. The monoisotopic (exact) mass is 603 g/mol. The van der Waals surface area contributed by atoms with E-state index in [1.54, 1.807) is 32.9 Å². The van der Waals surface area contributed by atoms with Crippen molar-refractivity contribution in [2.24, 2.45) is 5.41 Å². The lowest BCUT2D eigenvalue weighted by molar-refractivity contribution is -0.242. The lowest BCUT2D eigenvalue weighted by atomic mass is 9.97. The minimum Gasteiger partial charge on any atom is -0.462 e. The van der Waals surface area contributed by atoms with Crippen molar-refractivity contribution in [1.82, 2.24) is 4.90 Å². The van der Waals surface area contributed by atoms with E-state index in [2.05, 4.69) is 0 Å². The van der Waals surface area contributed by atoms with Gasteiger partial charge in [0.05, 0.1) is 12.0 Å². The number of aliphatic hydroxyl groups excluding tert-OH is 3. The molecule has 0 spiro atoms. The molecule has 1 aromatic carbocycles. The molecule has 0 aromatic heterocycles. The molecule has 0 bridgehead atoms. The second kappa shape index (κ2) is 16.1. The van der Waals surface area contributed by atoms with Gasteiger partial charge in [-0.05, 0) is 64.5 Å². The number of amides is 2. The Morgan fingerprint density at radius 1 is 0.930 bits per heavy atom. The van der Waals surface area contributed by atoms with Crippen molar-refractivity contribution in [2.45, 2.75) is 110 Å². The zero-order chi connectivity index (χ0) is 31.6. The number of unbranched alkanes of at least 4 members (excludes halogenated alkanes) is 4. The number of nitrogens with zero attached hydrogens (tertiary/aromatic N) is 1. The van der Waals surface area contributed by atoms with Gasteiger partial charge in [0.25, 0.3) is 11.8 Å². The molecule has 238 valence electrons. The topological polar surface area (TPSA) is 160 Å². The third kappa shape index (κ3) is 10.5. The molecule has 43 heavy (non-hydrogen) atoms. The van der Waals surface area contributed by atoms with Gasteiger partial charge in [0.2, 0.25) is 6.29 Å². The highest BCUT2D eigenvalue weighted by molar-refractivity contribution is 6.12. The number of hydrogen-bond donors (Lipinski definition) is 3. The Hall–Kier alpha value is -3.12. The van der Waals surface area contributed by atoms with Gasteiger partial charge in [-0.25, -0.2) is 0 Å². The number of ether oxygens (including phenoxy) is 3. The van der Waals surface area contributed by atoms with Gasteiger partial charge in [-0.3, -0.25) is 24.1 Å². The minimum absolute atomic E-state index is 0.0481. The van der Waals surface area contributed by atoms with E-state index in [4.69, 9.17) is 14.2 Å². The van der Waals surface area contributed by atoms with Crippen LogP contribution in [0.4, 0.5) is 0 Å². The summed E-state index contributed by atoms with van der Waals surface area (Å²) in [4.78, 5) is 48.9. The number of hydrogen-bond acceptors (Lipinski definition) is 10. The first-order valence-corrected chi connectivity index (χ1v) is 15.0. The molecule has 11 nitrogen and oxygen atoms in total. The smallest absolute Gasteiger partial charge is 0.311 e. The van der Waals surface area contributed by atoms with Crippen LogP contribution in [0.5, 0.6) is 5.75 Å². The maximum atomic E-state index is 12.3. The number of aryl methyl sites for hydroxylation is 1. The van der Waals surface area contributed by atoms with Crippen molar-refractivity contribution in [2.75, 3.05) is 13.2 Å². The predicted octanol–water partition coefficient (Wildman–Crippen LogP) is 2.75. The van der Waals surface area contributed by atoms with Gasteiger partial charge in [0, 0.05) is 37.1 Å². The Morgan fingerprint density at radius 2 is 1.58 bits per heavy atom. The van der Waals surface area contributed by atoms with Crippen molar-refractivity contribution in [3.05, 3.63) is 41.5 Å². The number of ketones is 1. The van der Waals surface area contributed by atoms with Crippen molar-refractivity contribution in [3.8, 4) is 5.75 Å². The van der Waals surface area contributed by atoms with Gasteiger partial charge in [-0.1, -0.05) is 25.0 Å². The van der Waals surface area contributed by atoms with Crippen LogP contribution in [-0.2, 0) is 41.7 Å². The number of imide groups is 1. The Kier molecular flexibility index (Phi) is 12.9. The molecular formula is C32H45NO10. The molecule has 3 rings (SSSR count). The largest absolute Gasteiger partial charge is 0.462 e. The summed E-state index contributed by atoms with van der Waals surface area (Å²) in [6.07, 6.45) is 3.60. The van der Waals surface area contributed by atoms with E-state index in [1.807, 2.05) is 6.07 Å². The van der Waals surface area contributed by atoms with Crippen molar-refractivity contribution >= 4 is 23.6 Å². The maximum Gasteiger partial charge on any atom is 0.311 e. The number of esters is 1. The van der Waals surface area contributed by atoms with Gasteiger partial charge in [-0.15, -0.1) is 0 Å². The second-order valence-corrected chi connectivity index (χ2v) is 12.2. The zero-order valence-electron chi connectivity index (χ0n) is 25.3. The molecule has 0 saturated carbocycles. The average molecular weight is 604 g/mol. The Bertz CT molecular complexity index is 1140. The lowest BCUT2D eigenvalue weighted by Gasteiger charge is -2.35. The summed E-state index contributed by atoms with van der Waals surface area (Å²) in [6.45, 7) is 5.40. The van der Waals surface area contributed by atoms with Crippen LogP contribution in [0.25, 0.3) is 0 Å². The van der Waals surface area contributed by atoms with E-state index >= 15 is 0 Å². The molecule has 4 atom stereocenters. The number of carbonyl (C=O) groups is 4. The molecule has 3 N–H and O–H groups in total.